The molecule has 4 heteroatoms. The van der Waals surface area contributed by atoms with E-state index in [2.05, 4.69) is 55.7 Å². The van der Waals surface area contributed by atoms with E-state index in [1.54, 1.807) is 0 Å². The van der Waals surface area contributed by atoms with E-state index in [-0.39, 0.29) is 24.2 Å². The highest BCUT2D eigenvalue weighted by molar-refractivity contribution is 5.85. The molecule has 1 aromatic carbocycles. The van der Waals surface area contributed by atoms with E-state index in [1.807, 2.05) is 0 Å². The van der Waals surface area contributed by atoms with Crippen molar-refractivity contribution >= 4 is 18.3 Å². The molecule has 1 heterocycles. The number of piperidine rings is 1. The summed E-state index contributed by atoms with van der Waals surface area (Å²) in [7, 11) is 0. The maximum absolute atomic E-state index is 12.4. The highest BCUT2D eigenvalue weighted by Gasteiger charge is 2.44. The van der Waals surface area contributed by atoms with E-state index < -0.39 is 0 Å². The van der Waals surface area contributed by atoms with Gasteiger partial charge in [0.25, 0.3) is 0 Å². The molecule has 1 saturated carbocycles. The summed E-state index contributed by atoms with van der Waals surface area (Å²) in [6.45, 7) is 8.66. The van der Waals surface area contributed by atoms with Crippen molar-refractivity contribution in [2.75, 3.05) is 13.1 Å². The molecule has 0 spiro atoms. The third-order valence-corrected chi connectivity index (χ3v) is 5.27. The van der Waals surface area contributed by atoms with Crippen LogP contribution in [-0.4, -0.2) is 25.0 Å². The van der Waals surface area contributed by atoms with Crippen molar-refractivity contribution in [3.8, 4) is 0 Å². The number of carbonyl (C=O) groups excluding carboxylic acids is 1. The Labute approximate surface area is 146 Å². The Kier molecular flexibility index (Phi) is 6.10. The van der Waals surface area contributed by atoms with Crippen LogP contribution in [0.5, 0.6) is 0 Å². The molecule has 3 nitrogen and oxygen atoms in total. The first-order chi connectivity index (χ1) is 10.6. The minimum Gasteiger partial charge on any atom is -0.353 e. The molecule has 1 aliphatic heterocycles. The van der Waals surface area contributed by atoms with Gasteiger partial charge in [0.05, 0.1) is 0 Å². The Morgan fingerprint density at radius 3 is 2.57 bits per heavy atom. The molecule has 128 valence electrons. The highest BCUT2D eigenvalue weighted by Crippen LogP contribution is 2.47. The number of carbonyl (C=O) groups is 1. The van der Waals surface area contributed by atoms with Crippen molar-refractivity contribution in [1.82, 2.24) is 10.6 Å². The number of halogens is 1. The lowest BCUT2D eigenvalue weighted by atomic mass is 9.95. The van der Waals surface area contributed by atoms with Crippen LogP contribution in [0, 0.1) is 11.8 Å². The van der Waals surface area contributed by atoms with Crippen molar-refractivity contribution in [1.29, 1.82) is 0 Å². The van der Waals surface area contributed by atoms with Gasteiger partial charge in [0, 0.05) is 12.0 Å². The van der Waals surface area contributed by atoms with Crippen LogP contribution in [0.2, 0.25) is 0 Å². The normalized spacial score (nSPS) is 29.7. The fourth-order valence-electron chi connectivity index (χ4n) is 3.50. The molecule has 0 bridgehead atoms. The molecule has 4 unspecified atom stereocenters. The minimum absolute atomic E-state index is 0. The average molecular weight is 337 g/mol. The molecule has 1 aromatic rings. The lowest BCUT2D eigenvalue weighted by Gasteiger charge is -2.30. The number of hydrogen-bond acceptors (Lipinski definition) is 2. The smallest absolute Gasteiger partial charge is 0.223 e. The summed E-state index contributed by atoms with van der Waals surface area (Å²) in [4.78, 5) is 12.4. The summed E-state index contributed by atoms with van der Waals surface area (Å²) in [6, 6.07) is 9.18. The molecular weight excluding hydrogens is 308 g/mol. The molecule has 2 N–H and O–H groups in total. The van der Waals surface area contributed by atoms with Gasteiger partial charge < -0.3 is 10.6 Å². The zero-order valence-electron chi connectivity index (χ0n) is 14.3. The van der Waals surface area contributed by atoms with Gasteiger partial charge in [-0.25, -0.2) is 0 Å². The Bertz CT molecular complexity index is 529. The molecule has 0 aromatic heterocycles. The molecule has 1 aliphatic carbocycles. The standard InChI is InChI=1S/C19H28N2O.ClH/c1-12(2)14-4-6-15(7-5-14)16-10-17(16)19(22)21-18-8-9-20-11-13(18)3;/h4-7,12-13,16-18,20H,8-11H2,1-3H3,(H,21,22);1H. The Morgan fingerprint density at radius 1 is 1.26 bits per heavy atom. The quantitative estimate of drug-likeness (QED) is 0.884. The lowest BCUT2D eigenvalue weighted by Crippen LogP contribution is -2.48. The Hall–Kier alpha value is -1.06. The molecular formula is C19H29ClN2O. The number of hydrogen-bond donors (Lipinski definition) is 2. The largest absolute Gasteiger partial charge is 0.353 e. The molecule has 23 heavy (non-hydrogen) atoms. The fraction of sp³-hybridized carbons (Fsp3) is 0.632. The second-order valence-electron chi connectivity index (χ2n) is 7.36. The zero-order chi connectivity index (χ0) is 15.7. The SMILES string of the molecule is CC(C)c1ccc(C2CC2C(=O)NC2CCNCC2C)cc1.Cl. The van der Waals surface area contributed by atoms with Gasteiger partial charge in [-0.15, -0.1) is 12.4 Å². The third-order valence-electron chi connectivity index (χ3n) is 5.27. The Balaban J connectivity index is 0.00000192. The number of amides is 1. The third kappa shape index (κ3) is 4.27. The highest BCUT2D eigenvalue weighted by atomic mass is 35.5. The maximum Gasteiger partial charge on any atom is 0.223 e. The Morgan fingerprint density at radius 2 is 1.96 bits per heavy atom. The monoisotopic (exact) mass is 336 g/mol. The van der Waals surface area contributed by atoms with Gasteiger partial charge in [-0.1, -0.05) is 45.0 Å². The van der Waals surface area contributed by atoms with Gasteiger partial charge >= 0.3 is 0 Å². The zero-order valence-corrected chi connectivity index (χ0v) is 15.2. The van der Waals surface area contributed by atoms with Gasteiger partial charge in [0.1, 0.15) is 0 Å². The fourth-order valence-corrected chi connectivity index (χ4v) is 3.50. The topological polar surface area (TPSA) is 41.1 Å². The van der Waals surface area contributed by atoms with Gasteiger partial charge in [-0.05, 0) is 54.8 Å². The van der Waals surface area contributed by atoms with Gasteiger partial charge in [-0.2, -0.15) is 0 Å². The summed E-state index contributed by atoms with van der Waals surface area (Å²) in [5, 5.41) is 6.66. The molecule has 0 radical (unpaired) electrons. The van der Waals surface area contributed by atoms with Crippen LogP contribution < -0.4 is 10.6 Å². The van der Waals surface area contributed by atoms with E-state index in [9.17, 15) is 4.79 Å². The predicted molar refractivity (Wildman–Crippen MR) is 97.2 cm³/mol. The van der Waals surface area contributed by atoms with Crippen LogP contribution in [-0.2, 0) is 4.79 Å². The summed E-state index contributed by atoms with van der Waals surface area (Å²) < 4.78 is 0. The number of benzene rings is 1. The van der Waals surface area contributed by atoms with Crippen LogP contribution >= 0.6 is 12.4 Å². The van der Waals surface area contributed by atoms with Crippen molar-refractivity contribution in [2.45, 2.75) is 51.5 Å². The van der Waals surface area contributed by atoms with Crippen molar-refractivity contribution in [2.24, 2.45) is 11.8 Å². The van der Waals surface area contributed by atoms with E-state index >= 15 is 0 Å². The van der Waals surface area contributed by atoms with Gasteiger partial charge in [-0.3, -0.25) is 4.79 Å². The van der Waals surface area contributed by atoms with Gasteiger partial charge in [0.2, 0.25) is 5.91 Å². The van der Waals surface area contributed by atoms with Crippen molar-refractivity contribution in [3.63, 3.8) is 0 Å². The number of nitrogens with one attached hydrogen (secondary N) is 2. The van der Waals surface area contributed by atoms with Crippen molar-refractivity contribution in [3.05, 3.63) is 35.4 Å². The molecule has 4 atom stereocenters. The summed E-state index contributed by atoms with van der Waals surface area (Å²) in [5.74, 6) is 1.97. The average Bonchev–Trinajstić information content (AvgIpc) is 3.30. The van der Waals surface area contributed by atoms with E-state index in [0.29, 0.717) is 23.8 Å². The predicted octanol–water partition coefficient (Wildman–Crippen LogP) is 3.45. The van der Waals surface area contributed by atoms with Crippen LogP contribution in [0.25, 0.3) is 0 Å². The second-order valence-corrected chi connectivity index (χ2v) is 7.36. The molecule has 2 aliphatic rings. The first-order valence-electron chi connectivity index (χ1n) is 8.67. The maximum atomic E-state index is 12.4. The van der Waals surface area contributed by atoms with Crippen LogP contribution in [0.1, 0.15) is 56.6 Å². The first kappa shape index (κ1) is 18.3. The number of rotatable bonds is 4. The van der Waals surface area contributed by atoms with Crippen LogP contribution in [0.15, 0.2) is 24.3 Å². The molecule has 2 fully saturated rings. The van der Waals surface area contributed by atoms with Crippen LogP contribution in [0.4, 0.5) is 0 Å². The summed E-state index contributed by atoms with van der Waals surface area (Å²) in [6.07, 6.45) is 2.06. The summed E-state index contributed by atoms with van der Waals surface area (Å²) in [5.41, 5.74) is 2.69. The van der Waals surface area contributed by atoms with Crippen LogP contribution in [0.3, 0.4) is 0 Å². The van der Waals surface area contributed by atoms with E-state index in [4.69, 9.17) is 0 Å². The van der Waals surface area contributed by atoms with E-state index in [0.717, 1.165) is 25.9 Å². The lowest BCUT2D eigenvalue weighted by molar-refractivity contribution is -0.123. The second kappa shape index (κ2) is 7.67. The van der Waals surface area contributed by atoms with Crippen molar-refractivity contribution < 1.29 is 4.79 Å². The molecule has 1 amide bonds. The minimum atomic E-state index is 0. The first-order valence-corrected chi connectivity index (χ1v) is 8.67. The molecule has 1 saturated heterocycles. The summed E-state index contributed by atoms with van der Waals surface area (Å²) >= 11 is 0. The van der Waals surface area contributed by atoms with E-state index in [1.165, 1.54) is 11.1 Å². The molecule has 3 rings (SSSR count). The van der Waals surface area contributed by atoms with Gasteiger partial charge in [0.15, 0.2) is 0 Å².